The van der Waals surface area contributed by atoms with Crippen LogP contribution in [0.4, 0.5) is 4.39 Å². The van der Waals surface area contributed by atoms with E-state index in [1.807, 2.05) is 24.3 Å². The molecule has 2 aromatic carbocycles. The van der Waals surface area contributed by atoms with Crippen molar-refractivity contribution in [3.05, 3.63) is 71.0 Å². The van der Waals surface area contributed by atoms with Crippen molar-refractivity contribution in [1.29, 1.82) is 0 Å². The normalized spacial score (nSPS) is 20.0. The fourth-order valence-electron chi connectivity index (χ4n) is 3.39. The second kappa shape index (κ2) is 7.76. The highest BCUT2D eigenvalue weighted by Crippen LogP contribution is 2.33. The molecule has 4 nitrogen and oxygen atoms in total. The van der Waals surface area contributed by atoms with Gasteiger partial charge in [0.2, 0.25) is 5.91 Å². The predicted molar refractivity (Wildman–Crippen MR) is 92.3 cm³/mol. The smallest absolute Gasteiger partial charge is 0.227 e. The zero-order valence-corrected chi connectivity index (χ0v) is 14.2. The molecule has 5 heteroatoms. The highest BCUT2D eigenvalue weighted by molar-refractivity contribution is 5.79. The molecule has 0 aromatic heterocycles. The third kappa shape index (κ3) is 4.24. The number of aliphatic hydroxyl groups is 1. The van der Waals surface area contributed by atoms with Crippen molar-refractivity contribution in [3.63, 3.8) is 0 Å². The van der Waals surface area contributed by atoms with Gasteiger partial charge in [-0.15, -0.1) is 0 Å². The molecule has 0 aliphatic carbocycles. The second-order valence-electron chi connectivity index (χ2n) is 6.44. The minimum Gasteiger partial charge on any atom is -0.391 e. The van der Waals surface area contributed by atoms with Crippen molar-refractivity contribution in [2.24, 2.45) is 0 Å². The van der Waals surface area contributed by atoms with Gasteiger partial charge < -0.3 is 14.7 Å². The number of rotatable bonds is 5. The van der Waals surface area contributed by atoms with Crippen LogP contribution in [0.2, 0.25) is 0 Å². The number of likely N-dealkylation sites (tertiary alicyclic amines) is 1. The van der Waals surface area contributed by atoms with Crippen LogP contribution >= 0.6 is 0 Å². The van der Waals surface area contributed by atoms with Crippen LogP contribution in [-0.4, -0.2) is 35.7 Å². The van der Waals surface area contributed by atoms with Crippen LogP contribution in [0.3, 0.4) is 0 Å². The molecule has 0 bridgehead atoms. The summed E-state index contributed by atoms with van der Waals surface area (Å²) in [5, 5.41) is 10.0. The Hall–Kier alpha value is -2.24. The first-order valence-corrected chi connectivity index (χ1v) is 8.36. The van der Waals surface area contributed by atoms with Gasteiger partial charge in [0, 0.05) is 13.7 Å². The number of β-amino-alcohol motifs (C(OH)–C–C–N with tert-alkyl or cyclic N) is 1. The summed E-state index contributed by atoms with van der Waals surface area (Å²) in [5.41, 5.74) is 2.63. The van der Waals surface area contributed by atoms with E-state index in [2.05, 4.69) is 0 Å². The van der Waals surface area contributed by atoms with Crippen LogP contribution < -0.4 is 0 Å². The van der Waals surface area contributed by atoms with E-state index in [4.69, 9.17) is 4.74 Å². The summed E-state index contributed by atoms with van der Waals surface area (Å²) in [6.07, 6.45) is 0.0895. The van der Waals surface area contributed by atoms with E-state index in [1.165, 1.54) is 12.1 Å². The number of carbonyl (C=O) groups is 1. The lowest BCUT2D eigenvalue weighted by Gasteiger charge is -2.25. The molecule has 2 aromatic rings. The molecule has 25 heavy (non-hydrogen) atoms. The van der Waals surface area contributed by atoms with Crippen LogP contribution in [0.25, 0.3) is 0 Å². The van der Waals surface area contributed by atoms with Gasteiger partial charge >= 0.3 is 0 Å². The number of amides is 1. The number of benzene rings is 2. The predicted octanol–water partition coefficient (Wildman–Crippen LogP) is 2.85. The third-order valence-corrected chi connectivity index (χ3v) is 4.49. The number of halogens is 1. The molecule has 1 amide bonds. The van der Waals surface area contributed by atoms with Gasteiger partial charge in [0.25, 0.3) is 0 Å². The summed E-state index contributed by atoms with van der Waals surface area (Å²) in [5.74, 6) is -0.404. The van der Waals surface area contributed by atoms with Gasteiger partial charge in [-0.1, -0.05) is 36.4 Å². The van der Waals surface area contributed by atoms with Gasteiger partial charge in [0.15, 0.2) is 0 Å². The van der Waals surface area contributed by atoms with E-state index in [9.17, 15) is 14.3 Å². The molecule has 0 spiro atoms. The average molecular weight is 343 g/mol. The fraction of sp³-hybridized carbons (Fsp3) is 0.350. The lowest BCUT2D eigenvalue weighted by molar-refractivity contribution is -0.131. The van der Waals surface area contributed by atoms with E-state index < -0.39 is 6.10 Å². The molecule has 0 unspecified atom stereocenters. The molecule has 3 rings (SSSR count). The molecule has 1 aliphatic heterocycles. The van der Waals surface area contributed by atoms with Crippen molar-refractivity contribution in [1.82, 2.24) is 4.90 Å². The zero-order chi connectivity index (χ0) is 17.8. The number of aliphatic hydroxyl groups excluding tert-OH is 1. The van der Waals surface area contributed by atoms with Gasteiger partial charge in [0.1, 0.15) is 5.82 Å². The molecule has 1 aliphatic rings. The van der Waals surface area contributed by atoms with Crippen molar-refractivity contribution in [2.75, 3.05) is 13.7 Å². The SMILES string of the molecule is COCc1cccc(CC(=O)N2C[C@H](O)C[C@H]2c2cccc(F)c2)c1. The zero-order valence-electron chi connectivity index (χ0n) is 14.2. The van der Waals surface area contributed by atoms with E-state index >= 15 is 0 Å². The molecule has 2 atom stereocenters. The van der Waals surface area contributed by atoms with Crippen LogP contribution in [0.5, 0.6) is 0 Å². The third-order valence-electron chi connectivity index (χ3n) is 4.49. The summed E-state index contributed by atoms with van der Waals surface area (Å²) >= 11 is 0. The maximum atomic E-state index is 13.5. The average Bonchev–Trinajstić information content (AvgIpc) is 2.98. The van der Waals surface area contributed by atoms with Gasteiger partial charge in [-0.05, 0) is 35.2 Å². The Morgan fingerprint density at radius 2 is 2.00 bits per heavy atom. The first-order valence-electron chi connectivity index (χ1n) is 8.36. The highest BCUT2D eigenvalue weighted by atomic mass is 19.1. The quantitative estimate of drug-likeness (QED) is 0.908. The number of ether oxygens (including phenoxy) is 1. The maximum Gasteiger partial charge on any atom is 0.227 e. The molecule has 132 valence electrons. The Morgan fingerprint density at radius 1 is 1.24 bits per heavy atom. The molecule has 0 saturated carbocycles. The van der Waals surface area contributed by atoms with Gasteiger partial charge in [-0.3, -0.25) is 4.79 Å². The van der Waals surface area contributed by atoms with E-state index in [1.54, 1.807) is 24.1 Å². The Morgan fingerprint density at radius 3 is 2.76 bits per heavy atom. The Balaban J connectivity index is 1.76. The molecule has 1 N–H and O–H groups in total. The summed E-state index contributed by atoms with van der Waals surface area (Å²) in [6.45, 7) is 0.772. The number of methoxy groups -OCH3 is 1. The minimum atomic E-state index is -0.586. The molecule has 0 radical (unpaired) electrons. The summed E-state index contributed by atoms with van der Waals surface area (Å²) in [7, 11) is 1.63. The second-order valence-corrected chi connectivity index (χ2v) is 6.44. The van der Waals surface area contributed by atoms with Crippen molar-refractivity contribution in [3.8, 4) is 0 Å². The summed E-state index contributed by atoms with van der Waals surface area (Å²) in [4.78, 5) is 14.4. The summed E-state index contributed by atoms with van der Waals surface area (Å²) < 4.78 is 18.7. The summed E-state index contributed by atoms with van der Waals surface area (Å²) in [6, 6.07) is 13.7. The van der Waals surface area contributed by atoms with E-state index in [-0.39, 0.29) is 30.7 Å². The van der Waals surface area contributed by atoms with Gasteiger partial charge in [-0.25, -0.2) is 4.39 Å². The minimum absolute atomic E-state index is 0.0691. The van der Waals surface area contributed by atoms with Crippen LogP contribution in [0, 0.1) is 5.82 Å². The number of hydrogen-bond donors (Lipinski definition) is 1. The van der Waals surface area contributed by atoms with Crippen molar-refractivity contribution < 1.29 is 19.0 Å². The van der Waals surface area contributed by atoms with Crippen molar-refractivity contribution in [2.45, 2.75) is 31.6 Å². The molecule has 1 fully saturated rings. The van der Waals surface area contributed by atoms with E-state index in [0.717, 1.165) is 16.7 Å². The van der Waals surface area contributed by atoms with Crippen LogP contribution in [0.15, 0.2) is 48.5 Å². The lowest BCUT2D eigenvalue weighted by Crippen LogP contribution is -2.33. The lowest BCUT2D eigenvalue weighted by atomic mass is 10.0. The number of nitrogens with zero attached hydrogens (tertiary/aromatic N) is 1. The number of hydrogen-bond acceptors (Lipinski definition) is 3. The van der Waals surface area contributed by atoms with Crippen molar-refractivity contribution >= 4 is 5.91 Å². The molecule has 1 saturated heterocycles. The largest absolute Gasteiger partial charge is 0.391 e. The standard InChI is InChI=1S/C20H22FNO3/c1-25-13-15-5-2-4-14(8-15)9-20(24)22-12-18(23)11-19(22)16-6-3-7-17(21)10-16/h2-8,10,18-19,23H,9,11-13H2,1H3/t18-,19+/m1/s1. The van der Waals surface area contributed by atoms with E-state index in [0.29, 0.717) is 13.0 Å². The Bertz CT molecular complexity index is 749. The monoisotopic (exact) mass is 343 g/mol. The molecule has 1 heterocycles. The molecular weight excluding hydrogens is 321 g/mol. The van der Waals surface area contributed by atoms with Gasteiger partial charge in [-0.2, -0.15) is 0 Å². The van der Waals surface area contributed by atoms with Crippen LogP contribution in [0.1, 0.15) is 29.2 Å². The Labute approximate surface area is 146 Å². The number of carbonyl (C=O) groups excluding carboxylic acids is 1. The first-order chi connectivity index (χ1) is 12.1. The van der Waals surface area contributed by atoms with Gasteiger partial charge in [0.05, 0.1) is 25.2 Å². The highest BCUT2D eigenvalue weighted by Gasteiger charge is 2.35. The Kier molecular flexibility index (Phi) is 5.46. The molecular formula is C20H22FNO3. The first kappa shape index (κ1) is 17.6. The topological polar surface area (TPSA) is 49.8 Å². The van der Waals surface area contributed by atoms with Crippen LogP contribution in [-0.2, 0) is 22.6 Å². The maximum absolute atomic E-state index is 13.5. The fourth-order valence-corrected chi connectivity index (χ4v) is 3.39.